The number of alkyl halides is 3. The maximum absolute atomic E-state index is 16.3. The fraction of sp³-hybridized carbons (Fsp3) is 0.378. The number of amides is 10. The Hall–Kier alpha value is -12.3. The summed E-state index contributed by atoms with van der Waals surface area (Å²) in [7, 11) is 1.45. The minimum atomic E-state index is -4.99. The van der Waals surface area contributed by atoms with E-state index in [2.05, 4.69) is 57.6 Å². The summed E-state index contributed by atoms with van der Waals surface area (Å²) in [6.07, 6.45) is -22.3. The van der Waals surface area contributed by atoms with Gasteiger partial charge in [-0.2, -0.15) is 0 Å². The molecular weight excluding hydrogens is 1730 g/mol. The van der Waals surface area contributed by atoms with Crippen molar-refractivity contribution >= 4 is 88.0 Å². The molecule has 10 amide bonds. The third-order valence-electron chi connectivity index (χ3n) is 21.2. The highest BCUT2D eigenvalue weighted by molar-refractivity contribution is 6.32. The Morgan fingerprint density at radius 3 is 1.96 bits per heavy atom. The number of halogens is 5. The van der Waals surface area contributed by atoms with Crippen molar-refractivity contribution in [3.63, 3.8) is 0 Å². The Balaban J connectivity index is 1.01. The summed E-state index contributed by atoms with van der Waals surface area (Å²) in [5, 5.41) is 129. The number of hydrogen-bond donors (Lipinski definition) is 21. The van der Waals surface area contributed by atoms with Gasteiger partial charge in [0.15, 0.2) is 30.5 Å². The molecule has 45 heteroatoms. The predicted molar refractivity (Wildman–Crippen MR) is 433 cm³/mol. The van der Waals surface area contributed by atoms with Crippen molar-refractivity contribution in [3.8, 4) is 62.9 Å². The highest BCUT2D eigenvalue weighted by Gasteiger charge is 2.53. The van der Waals surface area contributed by atoms with Crippen LogP contribution in [0.1, 0.15) is 121 Å². The van der Waals surface area contributed by atoms with Crippen molar-refractivity contribution in [2.24, 2.45) is 17.4 Å². The quantitative estimate of drug-likeness (QED) is 0.0431. The largest absolute Gasteiger partial charge is 0.573 e. The molecular formula is C82H88Cl2F3N13O27. The number of fused-ring (bicyclic) bond motifs is 15. The zero-order chi connectivity index (χ0) is 92.1. The molecule has 0 saturated carbocycles. The Bertz CT molecular complexity index is 5380. The van der Waals surface area contributed by atoms with E-state index in [1.165, 1.54) is 38.5 Å². The van der Waals surface area contributed by atoms with Gasteiger partial charge >= 0.3 is 6.36 Å². The molecule has 18 atom stereocenters. The van der Waals surface area contributed by atoms with Gasteiger partial charge in [0, 0.05) is 47.5 Å². The van der Waals surface area contributed by atoms with E-state index in [9.17, 15) is 83.1 Å². The van der Waals surface area contributed by atoms with Gasteiger partial charge in [-0.3, -0.25) is 57.8 Å². The molecule has 11 bridgehead atoms. The number of carbonyl (C=O) groups is 10. The summed E-state index contributed by atoms with van der Waals surface area (Å²) in [5.41, 5.74) is 8.86. The molecule has 6 aromatic carbocycles. The number of phenols is 3. The molecule has 7 aliphatic rings. The summed E-state index contributed by atoms with van der Waals surface area (Å²) in [4.78, 5) is 154. The highest BCUT2D eigenvalue weighted by atomic mass is 35.5. The fourth-order valence-corrected chi connectivity index (χ4v) is 15.3. The average Bonchev–Trinajstić information content (AvgIpc) is 0.763. The van der Waals surface area contributed by atoms with E-state index >= 15 is 24.0 Å². The lowest BCUT2D eigenvalue weighted by Gasteiger charge is -2.48. The number of hydroxylamine groups is 1. The first kappa shape index (κ1) is 93.8. The van der Waals surface area contributed by atoms with Crippen LogP contribution in [-0.2, 0) is 68.7 Å². The SMILES string of the molecule is CNC(CC(C)C)C(=O)NC1C(=O)NC(CC(N)=O)C(=O)NC2C(=O)NC3C(=O)NC(C(=O)NC(C(=O)NOCC(N)=O)c4cc(O)cc(O)c4-c4cc3ccc4O)C(O)c3ccc(c(Cl)c3)Oc3cc2cc(c3OC2OC(CO)C(O)C(O)C2OC2CC(C)(NCc3cncc(NC(=O)c4ccc(OC(F)(F)F)cc4)c3)C(O)C(C)O2)Oc2ccc(cc2Cl)C1O. The van der Waals surface area contributed by atoms with Gasteiger partial charge in [-0.15, -0.1) is 13.2 Å². The minimum Gasteiger partial charge on any atom is -0.508 e. The zero-order valence-electron chi connectivity index (χ0n) is 67.5. The number of carbonyl (C=O) groups excluding carboxylic acids is 10. The van der Waals surface area contributed by atoms with Crippen LogP contribution >= 0.6 is 23.2 Å². The number of aliphatic hydroxyl groups excluding tert-OH is 6. The van der Waals surface area contributed by atoms with Gasteiger partial charge in [0.25, 0.3) is 11.8 Å². The molecule has 7 aromatic rings. The van der Waals surface area contributed by atoms with E-state index in [1.54, 1.807) is 20.8 Å². The van der Waals surface area contributed by atoms with Gasteiger partial charge in [0.1, 0.15) is 101 Å². The Morgan fingerprint density at radius 2 is 1.34 bits per heavy atom. The number of hydrogen-bond acceptors (Lipinski definition) is 30. The number of pyridine rings is 1. The Morgan fingerprint density at radius 1 is 0.701 bits per heavy atom. The van der Waals surface area contributed by atoms with E-state index in [4.69, 9.17) is 67.9 Å². The number of phenolic OH excluding ortho intramolecular Hbond substituents is 3. The van der Waals surface area contributed by atoms with Crippen LogP contribution in [0.4, 0.5) is 18.9 Å². The van der Waals surface area contributed by atoms with Crippen LogP contribution in [-0.4, -0.2) is 216 Å². The predicted octanol–water partition coefficient (Wildman–Crippen LogP) is 1.93. The maximum Gasteiger partial charge on any atom is 0.573 e. The van der Waals surface area contributed by atoms with Crippen molar-refractivity contribution in [2.45, 2.75) is 169 Å². The van der Waals surface area contributed by atoms with Crippen LogP contribution in [0.2, 0.25) is 10.0 Å². The van der Waals surface area contributed by atoms with Gasteiger partial charge in [0.2, 0.25) is 59.3 Å². The van der Waals surface area contributed by atoms with Crippen LogP contribution in [0.3, 0.4) is 0 Å². The van der Waals surface area contributed by atoms with E-state index in [-0.39, 0.29) is 47.7 Å². The summed E-state index contributed by atoms with van der Waals surface area (Å²) < 4.78 is 81.9. The summed E-state index contributed by atoms with van der Waals surface area (Å²) in [5.74, 6) is -18.8. The molecule has 0 aliphatic carbocycles. The number of rotatable bonds is 22. The molecule has 14 rings (SSSR count). The molecule has 23 N–H and O–H groups in total. The Kier molecular flexibility index (Phi) is 29.0. The normalized spacial score (nSPS) is 25.8. The second-order valence-corrected chi connectivity index (χ2v) is 31.8. The van der Waals surface area contributed by atoms with Gasteiger partial charge in [-0.1, -0.05) is 55.2 Å². The van der Waals surface area contributed by atoms with Crippen molar-refractivity contribution in [3.05, 3.63) is 171 Å². The number of aromatic nitrogens is 1. The molecule has 0 radical (unpaired) electrons. The van der Waals surface area contributed by atoms with E-state index in [0.29, 0.717) is 5.56 Å². The molecule has 2 saturated heterocycles. The molecule has 8 heterocycles. The number of nitrogens with two attached hydrogens (primary N) is 2. The summed E-state index contributed by atoms with van der Waals surface area (Å²) in [6, 6.07) is 4.16. The van der Waals surface area contributed by atoms with Gasteiger partial charge in [-0.25, -0.2) is 5.48 Å². The molecule has 678 valence electrons. The first-order valence-corrected chi connectivity index (χ1v) is 39.8. The van der Waals surface area contributed by atoms with Crippen LogP contribution in [0.5, 0.6) is 51.7 Å². The number of ether oxygens (including phenoxy) is 7. The van der Waals surface area contributed by atoms with Crippen LogP contribution in [0.25, 0.3) is 11.1 Å². The number of nitrogens with one attached hydrogen (secondary N) is 10. The number of primary amides is 2. The summed E-state index contributed by atoms with van der Waals surface area (Å²) in [6.45, 7) is 4.51. The van der Waals surface area contributed by atoms with Crippen LogP contribution in [0.15, 0.2) is 122 Å². The lowest BCUT2D eigenvalue weighted by molar-refractivity contribution is -0.334. The van der Waals surface area contributed by atoms with Crippen molar-refractivity contribution < 1.29 is 145 Å². The number of nitrogens with zero attached hydrogens (tertiary/aromatic N) is 1. The third-order valence-corrected chi connectivity index (χ3v) is 21.8. The lowest BCUT2D eigenvalue weighted by Crippen LogP contribution is -2.65. The smallest absolute Gasteiger partial charge is 0.508 e. The third kappa shape index (κ3) is 21.9. The number of aromatic hydroxyl groups is 3. The first-order chi connectivity index (χ1) is 60.1. The van der Waals surface area contributed by atoms with Crippen molar-refractivity contribution in [2.75, 3.05) is 25.6 Å². The number of anilines is 1. The molecule has 40 nitrogen and oxygen atoms in total. The Labute approximate surface area is 728 Å². The van der Waals surface area contributed by atoms with Crippen molar-refractivity contribution in [1.29, 1.82) is 0 Å². The van der Waals surface area contributed by atoms with Gasteiger partial charge in [0.05, 0.1) is 53.2 Å². The van der Waals surface area contributed by atoms with Crippen LogP contribution in [0, 0.1) is 5.92 Å². The molecule has 1 aromatic heterocycles. The minimum absolute atomic E-state index is 0.0442. The maximum atomic E-state index is 16.3. The standard InChI is InChI=1S/C82H88Cl2F3N13O27/c1-32(2)16-47(90-5)73(113)98-63-65(107)37-9-14-51(45(83)19-37)122-53-21-39-22-54(69(53)126-80-70(68(110)67(109)55(30-101)124-80)125-58-26-81(4,71(111)33(3)121-58)92-28-34-17-40(29-91-27-34)93-72(112)35-6-11-42(12-7-35)127-82(85,86)87)123-52-15-10-38(20-46(52)84)66(108)64-78(118)97-62(79(119)100-120-31-57(89)106)44-23-41(102)24-50(104)59(44)43-18-36(8-13-49(43)103)60(75(115)99-64)96-76(116)61(39)95-74(114)48(25-56(88)105)94-77(63)117/h6-15,17-24,27,29,32-33,47-48,55,58,60-68,70-71,80,90,92,101-104,107-111H,16,25-26,28,30-31H2,1-5H3,(H2,88,105)(H2,89,106)(H,93,112)(H,94,117)(H,95,114)(H,96,116)(H,97,118)(H,98,113)(H,99,115)(H,100,119). The van der Waals surface area contributed by atoms with E-state index in [1.807, 2.05) is 5.48 Å². The average molecular weight is 1820 g/mol. The van der Waals surface area contributed by atoms with E-state index < -0.39 is 284 Å². The highest BCUT2D eigenvalue weighted by Crippen LogP contribution is 2.50. The first-order valence-electron chi connectivity index (χ1n) is 39.1. The van der Waals surface area contributed by atoms with Gasteiger partial charge < -0.3 is 138 Å². The number of likely N-dealkylation sites (N-methyl/N-ethyl adjacent to an activating group) is 1. The van der Waals surface area contributed by atoms with Crippen molar-refractivity contribution in [1.82, 2.24) is 53.0 Å². The molecule has 2 fully saturated rings. The molecule has 18 unspecified atom stereocenters. The lowest BCUT2D eigenvalue weighted by atomic mass is 9.84. The fourth-order valence-electron chi connectivity index (χ4n) is 14.9. The topological polar surface area (TPSA) is 612 Å². The number of aliphatic hydroxyl groups is 6. The van der Waals surface area contributed by atoms with Gasteiger partial charge in [-0.05, 0) is 152 Å². The second kappa shape index (κ2) is 39.3. The van der Waals surface area contributed by atoms with E-state index in [0.717, 1.165) is 97.1 Å². The molecule has 7 aliphatic heterocycles. The zero-order valence-corrected chi connectivity index (χ0v) is 69.1. The van der Waals surface area contributed by atoms with Crippen LogP contribution < -0.4 is 83.7 Å². The molecule has 127 heavy (non-hydrogen) atoms. The summed E-state index contributed by atoms with van der Waals surface area (Å²) >= 11 is 14.3. The number of benzene rings is 6. The second-order valence-electron chi connectivity index (χ2n) is 31.0. The molecule has 0 spiro atoms. The monoisotopic (exact) mass is 1810 g/mol.